The summed E-state index contributed by atoms with van der Waals surface area (Å²) in [7, 11) is 3.01. The average molecular weight is 454 g/mol. The molecule has 0 aliphatic carbocycles. The maximum atomic E-state index is 13.0. The highest BCUT2D eigenvalue weighted by atomic mass is 35.5. The number of methoxy groups -OCH3 is 2. The number of hydrogen-bond acceptors (Lipinski definition) is 6. The van der Waals surface area contributed by atoms with E-state index >= 15 is 0 Å². The van der Waals surface area contributed by atoms with Gasteiger partial charge in [0, 0.05) is 11.1 Å². The van der Waals surface area contributed by atoms with Gasteiger partial charge in [0.15, 0.2) is 0 Å². The number of hydrogen-bond donors (Lipinski definition) is 1. The van der Waals surface area contributed by atoms with Crippen molar-refractivity contribution < 1.29 is 28.6 Å². The Morgan fingerprint density at radius 3 is 2.47 bits per heavy atom. The molecular weight excluding hydrogens is 434 g/mol. The summed E-state index contributed by atoms with van der Waals surface area (Å²) in [5, 5.41) is 11.3. The Hall–Kier alpha value is -3.71. The van der Waals surface area contributed by atoms with Crippen molar-refractivity contribution in [3.8, 4) is 11.5 Å². The van der Waals surface area contributed by atoms with Crippen LogP contribution in [0, 0.1) is 0 Å². The molecule has 1 fully saturated rings. The van der Waals surface area contributed by atoms with Crippen LogP contribution in [0.3, 0.4) is 0 Å². The molecule has 2 aromatic carbocycles. The number of amides is 1. The summed E-state index contributed by atoms with van der Waals surface area (Å²) < 4.78 is 16.1. The first-order valence-corrected chi connectivity index (χ1v) is 10.1. The Kier molecular flexibility index (Phi) is 5.92. The lowest BCUT2D eigenvalue weighted by Crippen LogP contribution is -2.29. The number of ether oxygens (including phenoxy) is 2. The highest BCUT2D eigenvalue weighted by Crippen LogP contribution is 2.41. The number of carbonyl (C=O) groups is 2. The highest BCUT2D eigenvalue weighted by Gasteiger charge is 2.47. The summed E-state index contributed by atoms with van der Waals surface area (Å²) >= 11 is 6.20. The lowest BCUT2D eigenvalue weighted by Gasteiger charge is -2.24. The summed E-state index contributed by atoms with van der Waals surface area (Å²) in [6.07, 6.45) is 1.45. The fourth-order valence-electron chi connectivity index (χ4n) is 3.77. The Bertz CT molecular complexity index is 1200. The van der Waals surface area contributed by atoms with Crippen LogP contribution in [0.1, 0.15) is 22.9 Å². The third kappa shape index (κ3) is 3.71. The van der Waals surface area contributed by atoms with Crippen molar-refractivity contribution >= 4 is 29.1 Å². The number of benzene rings is 2. The van der Waals surface area contributed by atoms with E-state index in [-0.39, 0.29) is 28.5 Å². The maximum absolute atomic E-state index is 13.0. The first kappa shape index (κ1) is 21.5. The maximum Gasteiger partial charge on any atom is 0.296 e. The van der Waals surface area contributed by atoms with Crippen LogP contribution in [0.25, 0.3) is 5.76 Å². The third-order valence-electron chi connectivity index (χ3n) is 5.31. The average Bonchev–Trinajstić information content (AvgIpc) is 3.41. The molecule has 0 saturated carbocycles. The number of likely N-dealkylation sites (tertiary alicyclic amines) is 1. The van der Waals surface area contributed by atoms with Gasteiger partial charge in [-0.25, -0.2) is 0 Å². The summed E-state index contributed by atoms with van der Waals surface area (Å²) in [5.41, 5.74) is 0.907. The molecule has 2 heterocycles. The van der Waals surface area contributed by atoms with Crippen molar-refractivity contribution in [2.75, 3.05) is 14.2 Å². The largest absolute Gasteiger partial charge is 0.507 e. The molecule has 1 saturated heterocycles. The van der Waals surface area contributed by atoms with E-state index < -0.39 is 17.7 Å². The van der Waals surface area contributed by atoms with Crippen molar-refractivity contribution in [3.63, 3.8) is 0 Å². The minimum Gasteiger partial charge on any atom is -0.507 e. The Balaban J connectivity index is 1.83. The van der Waals surface area contributed by atoms with Gasteiger partial charge in [0.25, 0.3) is 11.7 Å². The number of rotatable bonds is 6. The summed E-state index contributed by atoms with van der Waals surface area (Å²) in [4.78, 5) is 27.4. The Labute approximate surface area is 189 Å². The van der Waals surface area contributed by atoms with Crippen molar-refractivity contribution in [2.45, 2.75) is 12.6 Å². The van der Waals surface area contributed by atoms with Gasteiger partial charge in [-0.15, -0.1) is 0 Å². The van der Waals surface area contributed by atoms with Gasteiger partial charge in [0.05, 0.1) is 37.6 Å². The molecular formula is C24H20ClNO6. The molecule has 0 bridgehead atoms. The Morgan fingerprint density at radius 1 is 1.06 bits per heavy atom. The van der Waals surface area contributed by atoms with E-state index in [4.69, 9.17) is 25.5 Å². The normalized spacial score (nSPS) is 17.6. The van der Waals surface area contributed by atoms with E-state index in [1.807, 2.05) is 12.1 Å². The minimum absolute atomic E-state index is 0.0823. The monoisotopic (exact) mass is 453 g/mol. The number of ketones is 1. The van der Waals surface area contributed by atoms with Crippen LogP contribution in [0.2, 0.25) is 5.02 Å². The number of para-hydroxylation sites is 1. The molecule has 32 heavy (non-hydrogen) atoms. The van der Waals surface area contributed by atoms with Crippen LogP contribution < -0.4 is 9.47 Å². The predicted molar refractivity (Wildman–Crippen MR) is 118 cm³/mol. The number of carbonyl (C=O) groups excluding carboxylic acids is 2. The summed E-state index contributed by atoms with van der Waals surface area (Å²) in [6.45, 7) is 0.0834. The molecule has 0 radical (unpaired) electrons. The molecule has 1 unspecified atom stereocenters. The van der Waals surface area contributed by atoms with Crippen molar-refractivity contribution in [1.82, 2.24) is 4.90 Å². The third-order valence-corrected chi connectivity index (χ3v) is 5.61. The second-order valence-corrected chi connectivity index (χ2v) is 7.51. The van der Waals surface area contributed by atoms with E-state index in [1.165, 1.54) is 31.4 Å². The van der Waals surface area contributed by atoms with E-state index in [1.54, 1.807) is 36.4 Å². The van der Waals surface area contributed by atoms with Crippen LogP contribution in [0.4, 0.5) is 0 Å². The van der Waals surface area contributed by atoms with Crippen LogP contribution in [0.5, 0.6) is 11.5 Å². The number of aliphatic hydroxyl groups is 1. The quantitative estimate of drug-likeness (QED) is 0.334. The van der Waals surface area contributed by atoms with Gasteiger partial charge in [-0.05, 0) is 36.4 Å². The van der Waals surface area contributed by atoms with Crippen LogP contribution in [-0.2, 0) is 16.1 Å². The van der Waals surface area contributed by atoms with E-state index in [2.05, 4.69) is 0 Å². The smallest absolute Gasteiger partial charge is 0.296 e. The molecule has 0 spiro atoms. The van der Waals surface area contributed by atoms with E-state index in [0.717, 1.165) is 0 Å². The minimum atomic E-state index is -0.921. The fraction of sp³-hybridized carbons (Fsp3) is 0.167. The van der Waals surface area contributed by atoms with Crippen LogP contribution in [-0.4, -0.2) is 35.9 Å². The number of halogens is 1. The highest BCUT2D eigenvalue weighted by molar-refractivity contribution is 6.46. The SMILES string of the molecule is COc1ccc(/C(O)=C2/C(=O)C(=O)N(Cc3ccccc3OC)C2c2ccco2)cc1Cl. The lowest BCUT2D eigenvalue weighted by molar-refractivity contribution is -0.140. The van der Waals surface area contributed by atoms with Crippen molar-refractivity contribution in [1.29, 1.82) is 0 Å². The molecule has 1 N–H and O–H groups in total. The molecule has 1 aromatic heterocycles. The van der Waals surface area contributed by atoms with Gasteiger partial charge in [0.2, 0.25) is 0 Å². The first-order chi connectivity index (χ1) is 15.5. The standard InChI is InChI=1S/C24H20ClNO6/c1-30-17-7-4-3-6-15(17)13-26-21(19-8-5-11-32-19)20(23(28)24(26)29)22(27)14-9-10-18(31-2)16(25)12-14/h3-12,21,27H,13H2,1-2H3/b22-20-. The zero-order valence-corrected chi connectivity index (χ0v) is 18.1. The van der Waals surface area contributed by atoms with Gasteiger partial charge in [0.1, 0.15) is 29.1 Å². The molecule has 1 amide bonds. The number of nitrogens with zero attached hydrogens (tertiary/aromatic N) is 1. The molecule has 4 rings (SSSR count). The second-order valence-electron chi connectivity index (χ2n) is 7.10. The van der Waals surface area contributed by atoms with Crippen molar-refractivity contribution in [2.24, 2.45) is 0 Å². The van der Waals surface area contributed by atoms with Crippen LogP contribution in [0.15, 0.2) is 70.9 Å². The molecule has 164 valence electrons. The van der Waals surface area contributed by atoms with E-state index in [0.29, 0.717) is 22.8 Å². The fourth-order valence-corrected chi connectivity index (χ4v) is 4.03. The first-order valence-electron chi connectivity index (χ1n) is 9.74. The van der Waals surface area contributed by atoms with E-state index in [9.17, 15) is 14.7 Å². The molecule has 8 heteroatoms. The zero-order valence-electron chi connectivity index (χ0n) is 17.4. The predicted octanol–water partition coefficient (Wildman–Crippen LogP) is 4.57. The van der Waals surface area contributed by atoms with Gasteiger partial charge < -0.3 is 23.9 Å². The van der Waals surface area contributed by atoms with Gasteiger partial charge in [-0.2, -0.15) is 0 Å². The Morgan fingerprint density at radius 2 is 1.81 bits per heavy atom. The zero-order chi connectivity index (χ0) is 22.8. The van der Waals surface area contributed by atoms with Crippen molar-refractivity contribution in [3.05, 3.63) is 88.3 Å². The topological polar surface area (TPSA) is 89.2 Å². The van der Waals surface area contributed by atoms with Crippen LogP contribution >= 0.6 is 11.6 Å². The number of Topliss-reactive ketones (excluding diaryl/α,β-unsaturated/α-hetero) is 1. The lowest BCUT2D eigenvalue weighted by atomic mass is 9.99. The molecule has 7 nitrogen and oxygen atoms in total. The second kappa shape index (κ2) is 8.80. The molecule has 1 aliphatic heterocycles. The van der Waals surface area contributed by atoms with Gasteiger partial charge in [-0.1, -0.05) is 29.8 Å². The van der Waals surface area contributed by atoms with Gasteiger partial charge in [-0.3, -0.25) is 9.59 Å². The molecule has 3 aromatic rings. The molecule has 1 aliphatic rings. The molecule has 1 atom stereocenters. The van der Waals surface area contributed by atoms with Gasteiger partial charge >= 0.3 is 0 Å². The number of furan rings is 1. The summed E-state index contributed by atoms with van der Waals surface area (Å²) in [6, 6.07) is 14.2. The summed E-state index contributed by atoms with van der Waals surface area (Å²) in [5.74, 6) is -0.571. The number of aliphatic hydroxyl groups excluding tert-OH is 1.